The average molecular weight is 631 g/mol. The van der Waals surface area contributed by atoms with Crippen LogP contribution in [0.1, 0.15) is 35.4 Å². The molecule has 244 valence electrons. The van der Waals surface area contributed by atoms with E-state index in [9.17, 15) is 9.90 Å². The minimum atomic E-state index is -0.930. The first-order valence-corrected chi connectivity index (χ1v) is 15.7. The number of aryl methyl sites for hydroxylation is 2. The number of amides is 1. The maximum Gasteiger partial charge on any atom is 0.407 e. The molecule has 11 nitrogen and oxygen atoms in total. The highest BCUT2D eigenvalue weighted by atomic mass is 16.5. The molecule has 0 bridgehead atoms. The minimum absolute atomic E-state index is 0.0583. The molecule has 3 aromatic carbocycles. The van der Waals surface area contributed by atoms with Crippen molar-refractivity contribution in [2.45, 2.75) is 44.4 Å². The van der Waals surface area contributed by atoms with Crippen molar-refractivity contribution in [3.8, 4) is 17.2 Å². The highest BCUT2D eigenvalue weighted by Gasteiger charge is 2.33. The van der Waals surface area contributed by atoms with E-state index < -0.39 is 6.09 Å². The van der Waals surface area contributed by atoms with Crippen molar-refractivity contribution in [2.75, 3.05) is 46.6 Å². The molecule has 0 saturated carbocycles. The Balaban J connectivity index is 1.08. The quantitative estimate of drug-likeness (QED) is 0.152. The average Bonchev–Trinajstić information content (AvgIpc) is 3.62. The summed E-state index contributed by atoms with van der Waals surface area (Å²) in [6.07, 6.45) is 4.19. The van der Waals surface area contributed by atoms with Crippen LogP contribution < -0.4 is 14.2 Å². The number of aromatic nitrogens is 3. The van der Waals surface area contributed by atoms with E-state index in [1.165, 1.54) is 11.2 Å². The second kappa shape index (κ2) is 17.2. The zero-order chi connectivity index (χ0) is 32.0. The van der Waals surface area contributed by atoms with E-state index in [4.69, 9.17) is 23.7 Å². The number of piperidine rings is 1. The summed E-state index contributed by atoms with van der Waals surface area (Å²) < 4.78 is 31.3. The van der Waals surface area contributed by atoms with Gasteiger partial charge in [0.1, 0.15) is 36.5 Å². The Morgan fingerprint density at radius 1 is 0.913 bits per heavy atom. The summed E-state index contributed by atoms with van der Waals surface area (Å²) in [7, 11) is 1.66. The van der Waals surface area contributed by atoms with Crippen LogP contribution in [0, 0.1) is 0 Å². The number of methoxy groups -OCH3 is 1. The summed E-state index contributed by atoms with van der Waals surface area (Å²) in [5.74, 6) is 2.47. The molecule has 1 aromatic heterocycles. The van der Waals surface area contributed by atoms with Crippen LogP contribution in [0.25, 0.3) is 0 Å². The van der Waals surface area contributed by atoms with E-state index in [2.05, 4.69) is 10.1 Å². The number of hydrogen-bond donors (Lipinski definition) is 1. The number of nitrogens with zero attached hydrogens (tertiary/aromatic N) is 4. The molecule has 4 aromatic rings. The SMILES string of the molecule is COc1ccccc1COCCCOc1ccc(C2CCN(C(=O)O)CC2OCCOc2ccccc2CCn2cncn2)cc1. The largest absolute Gasteiger partial charge is 0.496 e. The number of rotatable bonds is 17. The highest BCUT2D eigenvalue weighted by molar-refractivity contribution is 5.65. The van der Waals surface area contributed by atoms with Gasteiger partial charge in [-0.05, 0) is 48.2 Å². The molecular weight excluding hydrogens is 588 g/mol. The van der Waals surface area contributed by atoms with Gasteiger partial charge in [-0.3, -0.25) is 4.68 Å². The second-order valence-corrected chi connectivity index (χ2v) is 11.0. The molecule has 46 heavy (non-hydrogen) atoms. The van der Waals surface area contributed by atoms with E-state index in [0.29, 0.717) is 59.1 Å². The molecule has 1 aliphatic rings. The van der Waals surface area contributed by atoms with Gasteiger partial charge in [-0.15, -0.1) is 0 Å². The van der Waals surface area contributed by atoms with Crippen LogP contribution in [0.15, 0.2) is 85.5 Å². The monoisotopic (exact) mass is 630 g/mol. The maximum absolute atomic E-state index is 11.8. The van der Waals surface area contributed by atoms with Gasteiger partial charge in [0.15, 0.2) is 0 Å². The van der Waals surface area contributed by atoms with Gasteiger partial charge in [0.2, 0.25) is 0 Å². The van der Waals surface area contributed by atoms with E-state index in [1.54, 1.807) is 18.1 Å². The molecule has 1 amide bonds. The Labute approximate surface area is 269 Å². The first-order valence-electron chi connectivity index (χ1n) is 15.7. The van der Waals surface area contributed by atoms with Crippen LogP contribution >= 0.6 is 0 Å². The summed E-state index contributed by atoms with van der Waals surface area (Å²) in [4.78, 5) is 17.2. The highest BCUT2D eigenvalue weighted by Crippen LogP contribution is 2.32. The molecule has 11 heteroatoms. The van der Waals surface area contributed by atoms with Gasteiger partial charge in [-0.25, -0.2) is 9.78 Å². The van der Waals surface area contributed by atoms with Crippen LogP contribution in [0.5, 0.6) is 17.2 Å². The fourth-order valence-corrected chi connectivity index (χ4v) is 5.59. The summed E-state index contributed by atoms with van der Waals surface area (Å²) >= 11 is 0. The molecule has 1 saturated heterocycles. The zero-order valence-corrected chi connectivity index (χ0v) is 26.2. The van der Waals surface area contributed by atoms with E-state index in [0.717, 1.165) is 46.8 Å². The second-order valence-electron chi connectivity index (χ2n) is 11.0. The molecule has 2 unspecified atom stereocenters. The number of likely N-dealkylation sites (tertiary alicyclic amines) is 1. The summed E-state index contributed by atoms with van der Waals surface area (Å²) in [6.45, 7) is 3.78. The smallest absolute Gasteiger partial charge is 0.407 e. The van der Waals surface area contributed by atoms with Gasteiger partial charge in [-0.1, -0.05) is 48.5 Å². The molecular formula is C35H42N4O7. The fourth-order valence-electron chi connectivity index (χ4n) is 5.59. The molecule has 1 N–H and O–H groups in total. The first kappa shape index (κ1) is 32.8. The van der Waals surface area contributed by atoms with Crippen molar-refractivity contribution in [2.24, 2.45) is 0 Å². The van der Waals surface area contributed by atoms with Crippen molar-refractivity contribution in [3.05, 3.63) is 102 Å². The maximum atomic E-state index is 11.8. The van der Waals surface area contributed by atoms with E-state index >= 15 is 0 Å². The molecule has 2 heterocycles. The molecule has 0 spiro atoms. The molecule has 1 aliphatic heterocycles. The number of para-hydroxylation sites is 2. The Morgan fingerprint density at radius 3 is 2.46 bits per heavy atom. The lowest BCUT2D eigenvalue weighted by Crippen LogP contribution is -2.46. The van der Waals surface area contributed by atoms with Crippen molar-refractivity contribution < 1.29 is 33.6 Å². The minimum Gasteiger partial charge on any atom is -0.496 e. The van der Waals surface area contributed by atoms with E-state index in [-0.39, 0.29) is 12.0 Å². The van der Waals surface area contributed by atoms with Gasteiger partial charge in [0, 0.05) is 31.0 Å². The Morgan fingerprint density at radius 2 is 1.70 bits per heavy atom. The Bertz CT molecular complexity index is 1480. The van der Waals surface area contributed by atoms with Crippen molar-refractivity contribution >= 4 is 6.09 Å². The van der Waals surface area contributed by atoms with E-state index in [1.807, 2.05) is 72.8 Å². The van der Waals surface area contributed by atoms with Gasteiger partial charge in [0.25, 0.3) is 0 Å². The molecule has 5 rings (SSSR count). The number of benzene rings is 3. The summed E-state index contributed by atoms with van der Waals surface area (Å²) in [5, 5.41) is 13.8. The van der Waals surface area contributed by atoms with Crippen molar-refractivity contribution in [3.63, 3.8) is 0 Å². The molecule has 1 fully saturated rings. The van der Waals surface area contributed by atoms with Crippen molar-refractivity contribution in [1.29, 1.82) is 0 Å². The van der Waals surface area contributed by atoms with Crippen LogP contribution in [-0.2, 0) is 29.0 Å². The van der Waals surface area contributed by atoms with Crippen LogP contribution in [0.3, 0.4) is 0 Å². The van der Waals surface area contributed by atoms with Gasteiger partial charge in [-0.2, -0.15) is 5.10 Å². The normalized spacial score (nSPS) is 16.2. The molecule has 2 atom stereocenters. The predicted molar refractivity (Wildman–Crippen MR) is 172 cm³/mol. The summed E-state index contributed by atoms with van der Waals surface area (Å²) in [6, 6.07) is 23.8. The van der Waals surface area contributed by atoms with Crippen LogP contribution in [0.2, 0.25) is 0 Å². The Kier molecular flexibility index (Phi) is 12.2. The van der Waals surface area contributed by atoms with Crippen molar-refractivity contribution in [1.82, 2.24) is 19.7 Å². The lowest BCUT2D eigenvalue weighted by molar-refractivity contribution is -0.0207. The van der Waals surface area contributed by atoms with Gasteiger partial charge >= 0.3 is 6.09 Å². The third-order valence-electron chi connectivity index (χ3n) is 8.01. The zero-order valence-electron chi connectivity index (χ0n) is 26.2. The lowest BCUT2D eigenvalue weighted by atomic mass is 9.87. The molecule has 0 radical (unpaired) electrons. The fraction of sp³-hybridized carbons (Fsp3) is 0.400. The Hall–Kier alpha value is -4.61. The standard InChI is InChI=1S/C35H42N4O7/c1-42-32-9-4-3-8-29(32)24-43-19-6-20-44-30-13-11-27(12-14-30)31-16-17-38(35(40)41)23-34(31)46-22-21-45-33-10-5-2-7-28(33)15-18-39-26-36-25-37-39/h2-5,7-14,25-26,31,34H,6,15-24H2,1H3,(H,40,41). The lowest BCUT2D eigenvalue weighted by Gasteiger charge is -2.37. The number of carboxylic acid groups (broad SMARTS) is 1. The number of ether oxygens (including phenoxy) is 5. The summed E-state index contributed by atoms with van der Waals surface area (Å²) in [5.41, 5.74) is 3.20. The third-order valence-corrected chi connectivity index (χ3v) is 8.01. The predicted octanol–water partition coefficient (Wildman–Crippen LogP) is 5.45. The number of hydrogen-bond acceptors (Lipinski definition) is 8. The third kappa shape index (κ3) is 9.45. The number of carbonyl (C=O) groups is 1. The van der Waals surface area contributed by atoms with Crippen LogP contribution in [-0.4, -0.2) is 83.6 Å². The van der Waals surface area contributed by atoms with Gasteiger partial charge < -0.3 is 33.7 Å². The first-order chi connectivity index (χ1) is 22.6. The molecule has 0 aliphatic carbocycles. The topological polar surface area (TPSA) is 117 Å². The van der Waals surface area contributed by atoms with Crippen LogP contribution in [0.4, 0.5) is 4.79 Å². The van der Waals surface area contributed by atoms with Gasteiger partial charge in [0.05, 0.1) is 46.2 Å².